The summed E-state index contributed by atoms with van der Waals surface area (Å²) in [6.07, 6.45) is 3.82. The molecule has 0 aliphatic carbocycles. The van der Waals surface area contributed by atoms with Gasteiger partial charge in [-0.1, -0.05) is 19.4 Å². The van der Waals surface area contributed by atoms with Crippen LogP contribution in [0.3, 0.4) is 0 Å². The molecule has 1 N–H and O–H groups in total. The number of hydrogen-bond donors (Lipinski definition) is 1. The van der Waals surface area contributed by atoms with Crippen molar-refractivity contribution in [1.82, 2.24) is 0 Å². The van der Waals surface area contributed by atoms with Crippen LogP contribution in [0.4, 0.5) is 0 Å². The van der Waals surface area contributed by atoms with Gasteiger partial charge in [0.05, 0.1) is 13.2 Å². The predicted molar refractivity (Wildman–Crippen MR) is 73.4 cm³/mol. The maximum absolute atomic E-state index is 8.84. The molecule has 0 bridgehead atoms. The molecular weight excluding hydrogens is 228 g/mol. The van der Waals surface area contributed by atoms with Crippen molar-refractivity contribution in [2.45, 2.75) is 39.5 Å². The van der Waals surface area contributed by atoms with Gasteiger partial charge in [-0.15, -0.1) is 0 Å². The van der Waals surface area contributed by atoms with Crippen molar-refractivity contribution in [3.63, 3.8) is 0 Å². The lowest BCUT2D eigenvalue weighted by molar-refractivity contribution is 0.272. The standard InChI is InChI=1S/C15H24O3/c1-3-5-11-18-14-9-8-13(7-6-10-16)12-15(14)17-4-2/h8-9,12,16H,3-7,10-11H2,1-2H3. The summed E-state index contributed by atoms with van der Waals surface area (Å²) in [6, 6.07) is 6.02. The van der Waals surface area contributed by atoms with Crippen LogP contribution >= 0.6 is 0 Å². The predicted octanol–water partition coefficient (Wildman–Crippen LogP) is 3.19. The van der Waals surface area contributed by atoms with E-state index in [9.17, 15) is 0 Å². The third-order valence-corrected chi connectivity index (χ3v) is 2.69. The second kappa shape index (κ2) is 8.81. The average Bonchev–Trinajstić information content (AvgIpc) is 2.39. The summed E-state index contributed by atoms with van der Waals surface area (Å²) in [4.78, 5) is 0. The van der Waals surface area contributed by atoms with Crippen molar-refractivity contribution in [2.75, 3.05) is 19.8 Å². The summed E-state index contributed by atoms with van der Waals surface area (Å²) in [5.41, 5.74) is 1.18. The molecule has 3 nitrogen and oxygen atoms in total. The molecule has 0 spiro atoms. The fraction of sp³-hybridized carbons (Fsp3) is 0.600. The maximum Gasteiger partial charge on any atom is 0.161 e. The van der Waals surface area contributed by atoms with Crippen molar-refractivity contribution < 1.29 is 14.6 Å². The van der Waals surface area contributed by atoms with Gasteiger partial charge in [0.1, 0.15) is 0 Å². The van der Waals surface area contributed by atoms with E-state index in [0.717, 1.165) is 43.8 Å². The highest BCUT2D eigenvalue weighted by Gasteiger charge is 2.06. The minimum Gasteiger partial charge on any atom is -0.490 e. The zero-order chi connectivity index (χ0) is 13.2. The first-order valence-electron chi connectivity index (χ1n) is 6.81. The van der Waals surface area contributed by atoms with E-state index in [1.54, 1.807) is 0 Å². The van der Waals surface area contributed by atoms with E-state index in [0.29, 0.717) is 6.61 Å². The van der Waals surface area contributed by atoms with Gasteiger partial charge in [-0.3, -0.25) is 0 Å². The Balaban J connectivity index is 2.69. The van der Waals surface area contributed by atoms with Crippen LogP contribution in [0.25, 0.3) is 0 Å². The molecule has 102 valence electrons. The smallest absolute Gasteiger partial charge is 0.161 e. The molecule has 0 saturated heterocycles. The van der Waals surface area contributed by atoms with Gasteiger partial charge in [0.25, 0.3) is 0 Å². The monoisotopic (exact) mass is 252 g/mol. The number of ether oxygens (including phenoxy) is 2. The molecule has 0 heterocycles. The van der Waals surface area contributed by atoms with E-state index in [-0.39, 0.29) is 6.61 Å². The lowest BCUT2D eigenvalue weighted by atomic mass is 10.1. The lowest BCUT2D eigenvalue weighted by Crippen LogP contribution is -2.01. The zero-order valence-corrected chi connectivity index (χ0v) is 11.4. The highest BCUT2D eigenvalue weighted by atomic mass is 16.5. The third-order valence-electron chi connectivity index (χ3n) is 2.69. The molecule has 0 amide bonds. The normalized spacial score (nSPS) is 10.4. The SMILES string of the molecule is CCCCOc1ccc(CCCO)cc1OCC. The van der Waals surface area contributed by atoms with Crippen LogP contribution in [0.1, 0.15) is 38.7 Å². The molecule has 18 heavy (non-hydrogen) atoms. The lowest BCUT2D eigenvalue weighted by Gasteiger charge is -2.13. The van der Waals surface area contributed by atoms with Crippen LogP contribution in [0.15, 0.2) is 18.2 Å². The topological polar surface area (TPSA) is 38.7 Å². The highest BCUT2D eigenvalue weighted by molar-refractivity contribution is 5.43. The molecule has 0 aliphatic rings. The van der Waals surface area contributed by atoms with Crippen LogP contribution < -0.4 is 9.47 Å². The Kier molecular flexibility index (Phi) is 7.26. The van der Waals surface area contributed by atoms with Crippen molar-refractivity contribution in [2.24, 2.45) is 0 Å². The summed E-state index contributed by atoms with van der Waals surface area (Å²) in [7, 11) is 0. The number of aliphatic hydroxyl groups is 1. The Hall–Kier alpha value is -1.22. The number of benzene rings is 1. The summed E-state index contributed by atoms with van der Waals surface area (Å²) in [6.45, 7) is 5.69. The summed E-state index contributed by atoms with van der Waals surface area (Å²) in [5.74, 6) is 1.63. The minimum atomic E-state index is 0.221. The Bertz CT molecular complexity index is 337. The quantitative estimate of drug-likeness (QED) is 0.686. The largest absolute Gasteiger partial charge is 0.490 e. The Morgan fingerprint density at radius 2 is 1.89 bits per heavy atom. The molecule has 0 radical (unpaired) electrons. The first-order chi connectivity index (χ1) is 8.81. The van der Waals surface area contributed by atoms with E-state index >= 15 is 0 Å². The highest BCUT2D eigenvalue weighted by Crippen LogP contribution is 2.29. The van der Waals surface area contributed by atoms with E-state index in [1.807, 2.05) is 25.1 Å². The first kappa shape index (κ1) is 14.8. The zero-order valence-electron chi connectivity index (χ0n) is 11.4. The van der Waals surface area contributed by atoms with Gasteiger partial charge in [0, 0.05) is 6.61 Å². The van der Waals surface area contributed by atoms with Crippen LogP contribution in [0.5, 0.6) is 11.5 Å². The summed E-state index contributed by atoms with van der Waals surface area (Å²) >= 11 is 0. The van der Waals surface area contributed by atoms with Crippen molar-refractivity contribution in [3.05, 3.63) is 23.8 Å². The van der Waals surface area contributed by atoms with Crippen LogP contribution in [0, 0.1) is 0 Å². The van der Waals surface area contributed by atoms with E-state index in [4.69, 9.17) is 14.6 Å². The molecule has 1 rings (SSSR count). The van der Waals surface area contributed by atoms with Gasteiger partial charge in [0.15, 0.2) is 11.5 Å². The van der Waals surface area contributed by atoms with Gasteiger partial charge >= 0.3 is 0 Å². The Labute approximate surface area is 110 Å². The number of rotatable bonds is 9. The average molecular weight is 252 g/mol. The Morgan fingerprint density at radius 3 is 2.56 bits per heavy atom. The second-order valence-electron chi connectivity index (χ2n) is 4.24. The molecular formula is C15H24O3. The van der Waals surface area contributed by atoms with E-state index < -0.39 is 0 Å². The van der Waals surface area contributed by atoms with Crippen LogP contribution in [0.2, 0.25) is 0 Å². The van der Waals surface area contributed by atoms with E-state index in [1.165, 1.54) is 5.56 Å². The van der Waals surface area contributed by atoms with Crippen molar-refractivity contribution in [1.29, 1.82) is 0 Å². The molecule has 0 unspecified atom stereocenters. The number of hydrogen-bond acceptors (Lipinski definition) is 3. The Morgan fingerprint density at radius 1 is 1.06 bits per heavy atom. The molecule has 3 heteroatoms. The third kappa shape index (κ3) is 4.96. The molecule has 1 aromatic carbocycles. The van der Waals surface area contributed by atoms with Gasteiger partial charge in [0.2, 0.25) is 0 Å². The number of aryl methyl sites for hydroxylation is 1. The molecule has 0 atom stereocenters. The van der Waals surface area contributed by atoms with Gasteiger partial charge in [-0.2, -0.15) is 0 Å². The summed E-state index contributed by atoms with van der Waals surface area (Å²) < 4.78 is 11.3. The first-order valence-corrected chi connectivity index (χ1v) is 6.81. The molecule has 0 fully saturated rings. The molecule has 0 saturated carbocycles. The van der Waals surface area contributed by atoms with E-state index in [2.05, 4.69) is 6.92 Å². The van der Waals surface area contributed by atoms with Gasteiger partial charge in [-0.05, 0) is 43.9 Å². The fourth-order valence-corrected chi connectivity index (χ4v) is 1.71. The second-order valence-corrected chi connectivity index (χ2v) is 4.24. The minimum absolute atomic E-state index is 0.221. The molecule has 0 aliphatic heterocycles. The molecule has 1 aromatic rings. The van der Waals surface area contributed by atoms with Crippen molar-refractivity contribution in [3.8, 4) is 11.5 Å². The van der Waals surface area contributed by atoms with Gasteiger partial charge < -0.3 is 14.6 Å². The van der Waals surface area contributed by atoms with Crippen molar-refractivity contribution >= 4 is 0 Å². The van der Waals surface area contributed by atoms with Gasteiger partial charge in [-0.25, -0.2) is 0 Å². The van der Waals surface area contributed by atoms with Crippen LogP contribution in [-0.2, 0) is 6.42 Å². The van der Waals surface area contributed by atoms with Crippen LogP contribution in [-0.4, -0.2) is 24.9 Å². The molecule has 0 aromatic heterocycles. The summed E-state index contributed by atoms with van der Waals surface area (Å²) in [5, 5.41) is 8.84. The number of unbranched alkanes of at least 4 members (excludes halogenated alkanes) is 1. The maximum atomic E-state index is 8.84. The number of aliphatic hydroxyl groups excluding tert-OH is 1. The fourth-order valence-electron chi connectivity index (χ4n) is 1.71.